The first-order chi connectivity index (χ1) is 9.34. The van der Waals surface area contributed by atoms with E-state index in [2.05, 4.69) is 26.1 Å². The zero-order chi connectivity index (χ0) is 14.9. The minimum atomic E-state index is -0.406. The summed E-state index contributed by atoms with van der Waals surface area (Å²) >= 11 is 0. The molecule has 1 aliphatic heterocycles. The lowest BCUT2D eigenvalue weighted by molar-refractivity contribution is -0.131. The molecule has 1 saturated heterocycles. The van der Waals surface area contributed by atoms with Crippen LogP contribution >= 0.6 is 0 Å². The number of piperazine rings is 1. The molecule has 1 unspecified atom stereocenters. The fourth-order valence-corrected chi connectivity index (χ4v) is 2.47. The minimum Gasteiger partial charge on any atom is -0.345 e. The Morgan fingerprint density at radius 2 is 1.80 bits per heavy atom. The van der Waals surface area contributed by atoms with Gasteiger partial charge in [-0.05, 0) is 29.5 Å². The molecule has 0 radical (unpaired) electrons. The van der Waals surface area contributed by atoms with Crippen LogP contribution in [-0.2, 0) is 15.0 Å². The van der Waals surface area contributed by atoms with Crippen molar-refractivity contribution in [3.8, 4) is 0 Å². The molecule has 1 N–H and O–H groups in total. The molecule has 0 spiro atoms. The van der Waals surface area contributed by atoms with Gasteiger partial charge in [-0.1, -0.05) is 39.8 Å². The van der Waals surface area contributed by atoms with E-state index in [0.29, 0.717) is 6.42 Å². The van der Waals surface area contributed by atoms with Crippen molar-refractivity contribution >= 4 is 17.5 Å². The molecule has 0 aliphatic carbocycles. The van der Waals surface area contributed by atoms with Gasteiger partial charge >= 0.3 is 0 Å². The normalized spacial score (nSPS) is 20.0. The van der Waals surface area contributed by atoms with Crippen LogP contribution < -0.4 is 10.2 Å². The Labute approximate surface area is 120 Å². The number of carbonyl (C=O) groups excluding carboxylic acids is 2. The number of carbonyl (C=O) groups is 2. The fourth-order valence-electron chi connectivity index (χ4n) is 2.47. The number of hydrogen-bond donors (Lipinski definition) is 1. The van der Waals surface area contributed by atoms with Gasteiger partial charge in [-0.3, -0.25) is 14.5 Å². The Bertz CT molecular complexity index is 514. The standard InChI is InChI=1S/C16H22N2O2/c1-5-13-15(20)17-10-14(19)18(13)12-8-6-11(7-9-12)16(2,3)4/h6-9,13H,5,10H2,1-4H3,(H,17,20). The fraction of sp³-hybridized carbons (Fsp3) is 0.500. The van der Waals surface area contributed by atoms with E-state index in [-0.39, 0.29) is 23.8 Å². The molecule has 1 heterocycles. The van der Waals surface area contributed by atoms with E-state index in [1.54, 1.807) is 4.90 Å². The molecule has 1 aliphatic rings. The van der Waals surface area contributed by atoms with Gasteiger partial charge in [0.15, 0.2) is 0 Å². The predicted octanol–water partition coefficient (Wildman–Crippen LogP) is 2.23. The summed E-state index contributed by atoms with van der Waals surface area (Å²) in [5.74, 6) is -0.132. The highest BCUT2D eigenvalue weighted by Gasteiger charge is 2.34. The molecular weight excluding hydrogens is 252 g/mol. The van der Waals surface area contributed by atoms with Gasteiger partial charge in [0.1, 0.15) is 6.04 Å². The maximum Gasteiger partial charge on any atom is 0.247 e. The minimum absolute atomic E-state index is 0.0556. The third-order valence-corrected chi connectivity index (χ3v) is 3.70. The summed E-state index contributed by atoms with van der Waals surface area (Å²) in [7, 11) is 0. The lowest BCUT2D eigenvalue weighted by Crippen LogP contribution is -2.58. The van der Waals surface area contributed by atoms with Crippen LogP contribution in [0.5, 0.6) is 0 Å². The predicted molar refractivity (Wildman–Crippen MR) is 79.7 cm³/mol. The summed E-state index contributed by atoms with van der Waals surface area (Å²) in [5.41, 5.74) is 2.08. The topological polar surface area (TPSA) is 49.4 Å². The lowest BCUT2D eigenvalue weighted by Gasteiger charge is -2.34. The number of nitrogens with one attached hydrogen (secondary N) is 1. The molecule has 1 aromatic carbocycles. The molecule has 0 saturated carbocycles. The molecule has 108 valence electrons. The third kappa shape index (κ3) is 2.69. The van der Waals surface area contributed by atoms with Gasteiger partial charge in [-0.15, -0.1) is 0 Å². The van der Waals surface area contributed by atoms with Crippen LogP contribution in [0.15, 0.2) is 24.3 Å². The molecule has 4 heteroatoms. The molecule has 1 aromatic rings. The summed E-state index contributed by atoms with van der Waals surface area (Å²) in [6, 6.07) is 7.51. The van der Waals surface area contributed by atoms with Crippen molar-refractivity contribution in [1.29, 1.82) is 0 Å². The SMILES string of the molecule is CCC1C(=O)NCC(=O)N1c1ccc(C(C)(C)C)cc1. The summed E-state index contributed by atoms with van der Waals surface area (Å²) in [4.78, 5) is 25.6. The largest absolute Gasteiger partial charge is 0.345 e. The van der Waals surface area contributed by atoms with Gasteiger partial charge in [-0.2, -0.15) is 0 Å². The van der Waals surface area contributed by atoms with Crippen molar-refractivity contribution in [1.82, 2.24) is 5.32 Å². The van der Waals surface area contributed by atoms with Gasteiger partial charge in [0, 0.05) is 5.69 Å². The van der Waals surface area contributed by atoms with Crippen LogP contribution in [0.1, 0.15) is 39.7 Å². The molecule has 20 heavy (non-hydrogen) atoms. The zero-order valence-corrected chi connectivity index (χ0v) is 12.6. The molecule has 1 atom stereocenters. The van der Waals surface area contributed by atoms with Gasteiger partial charge in [0.25, 0.3) is 0 Å². The van der Waals surface area contributed by atoms with Gasteiger partial charge < -0.3 is 5.32 Å². The number of rotatable bonds is 2. The Balaban J connectivity index is 2.33. The molecule has 2 rings (SSSR count). The first-order valence-electron chi connectivity index (χ1n) is 7.05. The smallest absolute Gasteiger partial charge is 0.247 e. The molecule has 0 aromatic heterocycles. The first kappa shape index (κ1) is 14.6. The monoisotopic (exact) mass is 274 g/mol. The number of hydrogen-bond acceptors (Lipinski definition) is 2. The number of anilines is 1. The van der Waals surface area contributed by atoms with Crippen LogP contribution in [0.25, 0.3) is 0 Å². The molecule has 0 bridgehead atoms. The average Bonchev–Trinajstić information content (AvgIpc) is 2.40. The van der Waals surface area contributed by atoms with Crippen LogP contribution in [0, 0.1) is 0 Å². The average molecular weight is 274 g/mol. The Morgan fingerprint density at radius 3 is 2.30 bits per heavy atom. The third-order valence-electron chi connectivity index (χ3n) is 3.70. The van der Waals surface area contributed by atoms with E-state index < -0.39 is 6.04 Å². The number of amides is 2. The van der Waals surface area contributed by atoms with E-state index in [9.17, 15) is 9.59 Å². The van der Waals surface area contributed by atoms with Crippen molar-refractivity contribution in [3.05, 3.63) is 29.8 Å². The summed E-state index contributed by atoms with van der Waals surface area (Å²) in [5, 5.41) is 2.64. The second kappa shape index (κ2) is 5.27. The molecular formula is C16H22N2O2. The maximum atomic E-state index is 12.1. The van der Waals surface area contributed by atoms with E-state index >= 15 is 0 Å². The molecule has 1 fully saturated rings. The van der Waals surface area contributed by atoms with Crippen molar-refractivity contribution in [2.75, 3.05) is 11.4 Å². The summed E-state index contributed by atoms with van der Waals surface area (Å²) in [6.45, 7) is 8.44. The number of nitrogens with zero attached hydrogens (tertiary/aromatic N) is 1. The van der Waals surface area contributed by atoms with Gasteiger partial charge in [-0.25, -0.2) is 0 Å². The highest BCUT2D eigenvalue weighted by atomic mass is 16.2. The van der Waals surface area contributed by atoms with E-state index in [1.807, 2.05) is 31.2 Å². The second-order valence-electron chi connectivity index (χ2n) is 6.20. The maximum absolute atomic E-state index is 12.1. The Hall–Kier alpha value is -1.84. The van der Waals surface area contributed by atoms with E-state index in [1.165, 1.54) is 5.56 Å². The summed E-state index contributed by atoms with van der Waals surface area (Å²) in [6.07, 6.45) is 0.610. The first-order valence-corrected chi connectivity index (χ1v) is 7.05. The van der Waals surface area contributed by atoms with Gasteiger partial charge in [0.2, 0.25) is 11.8 Å². The molecule has 2 amide bonds. The van der Waals surface area contributed by atoms with Crippen LogP contribution in [0.2, 0.25) is 0 Å². The zero-order valence-electron chi connectivity index (χ0n) is 12.6. The highest BCUT2D eigenvalue weighted by Crippen LogP contribution is 2.27. The van der Waals surface area contributed by atoms with E-state index in [4.69, 9.17) is 0 Å². The van der Waals surface area contributed by atoms with Crippen molar-refractivity contribution in [2.24, 2.45) is 0 Å². The molecule has 4 nitrogen and oxygen atoms in total. The second-order valence-corrected chi connectivity index (χ2v) is 6.20. The van der Waals surface area contributed by atoms with Crippen molar-refractivity contribution in [3.63, 3.8) is 0 Å². The quantitative estimate of drug-likeness (QED) is 0.899. The van der Waals surface area contributed by atoms with Crippen LogP contribution in [0.3, 0.4) is 0 Å². The van der Waals surface area contributed by atoms with Crippen molar-refractivity contribution in [2.45, 2.75) is 45.6 Å². The van der Waals surface area contributed by atoms with E-state index in [0.717, 1.165) is 5.69 Å². The Kier molecular flexibility index (Phi) is 3.84. The summed E-state index contributed by atoms with van der Waals surface area (Å²) < 4.78 is 0. The van der Waals surface area contributed by atoms with Gasteiger partial charge in [0.05, 0.1) is 6.54 Å². The van der Waals surface area contributed by atoms with Crippen LogP contribution in [-0.4, -0.2) is 24.4 Å². The lowest BCUT2D eigenvalue weighted by atomic mass is 9.87. The number of benzene rings is 1. The Morgan fingerprint density at radius 1 is 1.20 bits per heavy atom. The van der Waals surface area contributed by atoms with Crippen LogP contribution in [0.4, 0.5) is 5.69 Å². The van der Waals surface area contributed by atoms with Crippen molar-refractivity contribution < 1.29 is 9.59 Å². The highest BCUT2D eigenvalue weighted by molar-refractivity contribution is 6.06.